The number of ether oxygens (including phenoxy) is 3. The second-order valence-corrected chi connectivity index (χ2v) is 8.29. The summed E-state index contributed by atoms with van der Waals surface area (Å²) in [7, 11) is 1.26. The minimum atomic E-state index is -0.560. The lowest BCUT2D eigenvalue weighted by atomic mass is 10.1. The van der Waals surface area contributed by atoms with Crippen molar-refractivity contribution >= 4 is 46.6 Å². The standard InChI is InChI=1S/C23H22ClNO6S/c1-4-30-18-10-16(9-17(24)21(18)31-13-20(26)29-3)11-19-22(27)25(23(28)32-19)12-15-7-5-6-14(2)8-15/h5-11H,4,12-13H2,1-3H3/b19-11-. The molecule has 0 aromatic heterocycles. The first kappa shape index (κ1) is 23.7. The van der Waals surface area contributed by atoms with Crippen molar-refractivity contribution in [1.82, 2.24) is 4.90 Å². The molecule has 0 unspecified atom stereocenters. The van der Waals surface area contributed by atoms with E-state index < -0.39 is 5.97 Å². The summed E-state index contributed by atoms with van der Waals surface area (Å²) in [6.07, 6.45) is 1.58. The monoisotopic (exact) mass is 475 g/mol. The maximum atomic E-state index is 12.9. The van der Waals surface area contributed by atoms with E-state index in [1.807, 2.05) is 31.2 Å². The van der Waals surface area contributed by atoms with Crippen LogP contribution in [0.25, 0.3) is 6.08 Å². The van der Waals surface area contributed by atoms with Crippen LogP contribution in [0.5, 0.6) is 11.5 Å². The fourth-order valence-electron chi connectivity index (χ4n) is 3.05. The summed E-state index contributed by atoms with van der Waals surface area (Å²) in [5.74, 6) is -0.422. The number of hydrogen-bond acceptors (Lipinski definition) is 7. The molecular formula is C23H22ClNO6S. The fraction of sp³-hybridized carbons (Fsp3) is 0.261. The zero-order valence-corrected chi connectivity index (χ0v) is 19.4. The van der Waals surface area contributed by atoms with Crippen molar-refractivity contribution in [2.24, 2.45) is 0 Å². The van der Waals surface area contributed by atoms with Crippen molar-refractivity contribution in [3.63, 3.8) is 0 Å². The Morgan fingerprint density at radius 3 is 2.66 bits per heavy atom. The van der Waals surface area contributed by atoms with Gasteiger partial charge in [0, 0.05) is 0 Å². The summed E-state index contributed by atoms with van der Waals surface area (Å²) < 4.78 is 15.6. The molecule has 0 bridgehead atoms. The normalized spacial score (nSPS) is 14.8. The molecule has 2 aromatic rings. The Hall–Kier alpha value is -2.97. The smallest absolute Gasteiger partial charge is 0.343 e. The first-order valence-electron chi connectivity index (χ1n) is 9.79. The number of benzene rings is 2. The zero-order valence-electron chi connectivity index (χ0n) is 17.8. The third kappa shape index (κ3) is 5.63. The van der Waals surface area contributed by atoms with E-state index in [1.54, 1.807) is 25.1 Å². The Bertz CT molecular complexity index is 1080. The molecule has 1 heterocycles. The number of halogens is 1. The summed E-state index contributed by atoms with van der Waals surface area (Å²) in [6, 6.07) is 10.9. The minimum Gasteiger partial charge on any atom is -0.490 e. The molecule has 9 heteroatoms. The largest absolute Gasteiger partial charge is 0.490 e. The molecule has 3 rings (SSSR count). The second-order valence-electron chi connectivity index (χ2n) is 6.88. The topological polar surface area (TPSA) is 82.1 Å². The molecule has 1 fully saturated rings. The molecule has 1 saturated heterocycles. The Balaban J connectivity index is 1.84. The molecule has 0 N–H and O–H groups in total. The SMILES string of the molecule is CCOc1cc(/C=C2\SC(=O)N(Cc3cccc(C)c3)C2=O)cc(Cl)c1OCC(=O)OC. The first-order chi connectivity index (χ1) is 15.3. The van der Waals surface area contributed by atoms with Gasteiger partial charge in [0.1, 0.15) is 0 Å². The number of esters is 1. The highest BCUT2D eigenvalue weighted by Gasteiger charge is 2.35. The number of amides is 2. The van der Waals surface area contributed by atoms with Crippen molar-refractivity contribution < 1.29 is 28.6 Å². The highest BCUT2D eigenvalue weighted by atomic mass is 35.5. The van der Waals surface area contributed by atoms with Crippen molar-refractivity contribution in [3.8, 4) is 11.5 Å². The quantitative estimate of drug-likeness (QED) is 0.399. The number of rotatable bonds is 8. The Labute approximate surface area is 195 Å². The van der Waals surface area contributed by atoms with E-state index in [0.717, 1.165) is 22.9 Å². The van der Waals surface area contributed by atoms with E-state index in [-0.39, 0.29) is 40.0 Å². The molecule has 1 aliphatic heterocycles. The van der Waals surface area contributed by atoms with E-state index in [4.69, 9.17) is 21.1 Å². The molecule has 7 nitrogen and oxygen atoms in total. The Morgan fingerprint density at radius 2 is 1.97 bits per heavy atom. The molecule has 1 aliphatic rings. The van der Waals surface area contributed by atoms with Gasteiger partial charge in [0.15, 0.2) is 18.1 Å². The number of carbonyl (C=O) groups is 3. The van der Waals surface area contributed by atoms with Crippen LogP contribution in [0.3, 0.4) is 0 Å². The van der Waals surface area contributed by atoms with Gasteiger partial charge >= 0.3 is 5.97 Å². The van der Waals surface area contributed by atoms with Crippen LogP contribution >= 0.6 is 23.4 Å². The van der Waals surface area contributed by atoms with Crippen molar-refractivity contribution in [2.45, 2.75) is 20.4 Å². The molecule has 0 radical (unpaired) electrons. The second kappa shape index (κ2) is 10.6. The van der Waals surface area contributed by atoms with Gasteiger partial charge in [-0.25, -0.2) is 4.79 Å². The average Bonchev–Trinajstić information content (AvgIpc) is 3.00. The van der Waals surface area contributed by atoms with Gasteiger partial charge < -0.3 is 14.2 Å². The van der Waals surface area contributed by atoms with Gasteiger partial charge in [0.05, 0.1) is 30.2 Å². The van der Waals surface area contributed by atoms with Gasteiger partial charge in [0.25, 0.3) is 11.1 Å². The van der Waals surface area contributed by atoms with Crippen molar-refractivity contribution in [3.05, 3.63) is 63.0 Å². The van der Waals surface area contributed by atoms with E-state index >= 15 is 0 Å². The van der Waals surface area contributed by atoms with E-state index in [0.29, 0.717) is 17.9 Å². The van der Waals surface area contributed by atoms with E-state index in [9.17, 15) is 14.4 Å². The first-order valence-corrected chi connectivity index (χ1v) is 11.0. The number of hydrogen-bond donors (Lipinski definition) is 0. The molecule has 2 amide bonds. The number of nitrogens with zero attached hydrogens (tertiary/aromatic N) is 1. The molecule has 0 saturated carbocycles. The van der Waals surface area contributed by atoms with Crippen LogP contribution in [0.2, 0.25) is 5.02 Å². The summed E-state index contributed by atoms with van der Waals surface area (Å²) in [5.41, 5.74) is 2.49. The molecule has 0 atom stereocenters. The lowest BCUT2D eigenvalue weighted by Gasteiger charge is -2.14. The summed E-state index contributed by atoms with van der Waals surface area (Å²) in [6.45, 7) is 3.96. The minimum absolute atomic E-state index is 0.198. The maximum absolute atomic E-state index is 12.9. The number of carbonyl (C=O) groups excluding carboxylic acids is 3. The molecule has 2 aromatic carbocycles. The van der Waals surface area contributed by atoms with Crippen molar-refractivity contribution in [2.75, 3.05) is 20.3 Å². The fourth-order valence-corrected chi connectivity index (χ4v) is 4.16. The van der Waals surface area contributed by atoms with Gasteiger partial charge in [-0.3, -0.25) is 14.5 Å². The van der Waals surface area contributed by atoms with Gasteiger partial charge in [0.2, 0.25) is 0 Å². The predicted molar refractivity (Wildman–Crippen MR) is 123 cm³/mol. The maximum Gasteiger partial charge on any atom is 0.343 e. The van der Waals surface area contributed by atoms with Crippen LogP contribution in [0.4, 0.5) is 4.79 Å². The number of methoxy groups -OCH3 is 1. The van der Waals surface area contributed by atoms with Gasteiger partial charge in [-0.1, -0.05) is 41.4 Å². The molecule has 0 aliphatic carbocycles. The molecule has 32 heavy (non-hydrogen) atoms. The predicted octanol–water partition coefficient (Wildman–Crippen LogP) is 4.84. The van der Waals surface area contributed by atoms with E-state index in [1.165, 1.54) is 12.0 Å². The molecular weight excluding hydrogens is 454 g/mol. The van der Waals surface area contributed by atoms with Gasteiger partial charge in [-0.15, -0.1) is 0 Å². The van der Waals surface area contributed by atoms with Crippen LogP contribution in [0.15, 0.2) is 41.3 Å². The summed E-state index contributed by atoms with van der Waals surface area (Å²) in [5, 5.41) is -0.137. The molecule has 168 valence electrons. The van der Waals surface area contributed by atoms with Crippen LogP contribution < -0.4 is 9.47 Å². The third-order valence-electron chi connectivity index (χ3n) is 4.49. The van der Waals surface area contributed by atoms with Gasteiger partial charge in [-0.2, -0.15) is 0 Å². The van der Waals surface area contributed by atoms with Crippen LogP contribution in [0, 0.1) is 6.92 Å². The lowest BCUT2D eigenvalue weighted by molar-refractivity contribution is -0.142. The number of aryl methyl sites for hydroxylation is 1. The highest BCUT2D eigenvalue weighted by Crippen LogP contribution is 2.39. The summed E-state index contributed by atoms with van der Waals surface area (Å²) in [4.78, 5) is 38.2. The Kier molecular flexibility index (Phi) is 7.82. The Morgan fingerprint density at radius 1 is 1.19 bits per heavy atom. The van der Waals surface area contributed by atoms with E-state index in [2.05, 4.69) is 4.74 Å². The number of thioether (sulfide) groups is 1. The van der Waals surface area contributed by atoms with Crippen LogP contribution in [-0.2, 0) is 20.9 Å². The lowest BCUT2D eigenvalue weighted by Crippen LogP contribution is -2.27. The molecule has 0 spiro atoms. The van der Waals surface area contributed by atoms with Crippen LogP contribution in [-0.4, -0.2) is 42.3 Å². The zero-order chi connectivity index (χ0) is 23.3. The van der Waals surface area contributed by atoms with Crippen molar-refractivity contribution in [1.29, 1.82) is 0 Å². The van der Waals surface area contributed by atoms with Crippen LogP contribution in [0.1, 0.15) is 23.6 Å². The summed E-state index contributed by atoms with van der Waals surface area (Å²) >= 11 is 7.21. The van der Waals surface area contributed by atoms with Gasteiger partial charge in [-0.05, 0) is 54.9 Å². The highest BCUT2D eigenvalue weighted by molar-refractivity contribution is 8.18. The average molecular weight is 476 g/mol. The number of imide groups is 1. The third-order valence-corrected chi connectivity index (χ3v) is 5.68.